The molecule has 2 aromatic heterocycles. The zero-order valence-electron chi connectivity index (χ0n) is 14.0. The number of ether oxygens (including phenoxy) is 2. The van der Waals surface area contributed by atoms with Crippen molar-refractivity contribution >= 4 is 11.5 Å². The Bertz CT molecular complexity index is 702. The largest absolute Gasteiger partial charge is 0.462 e. The van der Waals surface area contributed by atoms with E-state index in [4.69, 9.17) is 9.47 Å². The molecule has 0 aliphatic carbocycles. The maximum absolute atomic E-state index is 12.4. The zero-order valence-corrected chi connectivity index (χ0v) is 14.0. The molecule has 0 aromatic carbocycles. The van der Waals surface area contributed by atoms with Gasteiger partial charge < -0.3 is 9.47 Å². The van der Waals surface area contributed by atoms with E-state index in [-0.39, 0.29) is 5.97 Å². The molecule has 1 aliphatic heterocycles. The average Bonchev–Trinajstić information content (AvgIpc) is 2.87. The molecule has 0 bridgehead atoms. The Morgan fingerprint density at radius 2 is 2.22 bits per heavy atom. The van der Waals surface area contributed by atoms with Crippen molar-refractivity contribution in [2.75, 3.05) is 19.8 Å². The van der Waals surface area contributed by atoms with E-state index in [0.717, 1.165) is 42.8 Å². The fraction of sp³-hybridized carbons (Fsp3) is 0.556. The van der Waals surface area contributed by atoms with Gasteiger partial charge in [-0.05, 0) is 50.3 Å². The number of hydrogen-bond donors (Lipinski definition) is 0. The molecule has 0 N–H and O–H groups in total. The number of hydrogen-bond acceptors (Lipinski definition) is 4. The third-order valence-corrected chi connectivity index (χ3v) is 4.88. The SMILES string of the molecule is CCOC(=O)c1c(C)c(C(C)C2CCOCC2)n2ncccc12. The van der Waals surface area contributed by atoms with Crippen LogP contribution in [0.5, 0.6) is 0 Å². The summed E-state index contributed by atoms with van der Waals surface area (Å²) in [5.41, 5.74) is 3.59. The Balaban J connectivity index is 2.09. The Hall–Kier alpha value is -1.88. The molecule has 5 nitrogen and oxygen atoms in total. The molecular formula is C18H24N2O3. The molecule has 3 heterocycles. The van der Waals surface area contributed by atoms with Crippen LogP contribution in [0.1, 0.15) is 54.2 Å². The van der Waals surface area contributed by atoms with Crippen molar-refractivity contribution in [3.8, 4) is 0 Å². The highest BCUT2D eigenvalue weighted by atomic mass is 16.5. The van der Waals surface area contributed by atoms with Gasteiger partial charge >= 0.3 is 5.97 Å². The zero-order chi connectivity index (χ0) is 16.4. The van der Waals surface area contributed by atoms with E-state index in [0.29, 0.717) is 24.0 Å². The van der Waals surface area contributed by atoms with Gasteiger partial charge in [0.05, 0.1) is 17.7 Å². The molecule has 3 rings (SSSR count). The number of aromatic nitrogens is 2. The summed E-state index contributed by atoms with van der Waals surface area (Å²) >= 11 is 0. The lowest BCUT2D eigenvalue weighted by molar-refractivity contribution is 0.0527. The van der Waals surface area contributed by atoms with Crippen molar-refractivity contribution in [1.29, 1.82) is 0 Å². The standard InChI is InChI=1S/C18H24N2O3/c1-4-23-18(21)16-13(3)17(20-15(16)6-5-9-19-20)12(2)14-7-10-22-11-8-14/h5-6,9,12,14H,4,7-8,10-11H2,1-3H3. The van der Waals surface area contributed by atoms with Crippen LogP contribution < -0.4 is 0 Å². The summed E-state index contributed by atoms with van der Waals surface area (Å²) < 4.78 is 12.7. The van der Waals surface area contributed by atoms with Gasteiger partial charge in [-0.1, -0.05) is 6.92 Å². The lowest BCUT2D eigenvalue weighted by Crippen LogP contribution is -2.22. The molecule has 1 saturated heterocycles. The number of fused-ring (bicyclic) bond motifs is 1. The first-order chi connectivity index (χ1) is 11.1. The minimum absolute atomic E-state index is 0.263. The maximum atomic E-state index is 12.4. The van der Waals surface area contributed by atoms with E-state index in [1.54, 1.807) is 6.20 Å². The number of nitrogens with zero attached hydrogens (tertiary/aromatic N) is 2. The van der Waals surface area contributed by atoms with Crippen molar-refractivity contribution in [2.24, 2.45) is 5.92 Å². The van der Waals surface area contributed by atoms with Crippen LogP contribution in [0.15, 0.2) is 18.3 Å². The van der Waals surface area contributed by atoms with Gasteiger partial charge in [0.2, 0.25) is 0 Å². The van der Waals surface area contributed by atoms with E-state index in [2.05, 4.69) is 12.0 Å². The highest BCUT2D eigenvalue weighted by Gasteiger charge is 2.30. The third-order valence-electron chi connectivity index (χ3n) is 4.88. The summed E-state index contributed by atoms with van der Waals surface area (Å²) in [6.45, 7) is 8.07. The molecule has 1 fully saturated rings. The van der Waals surface area contributed by atoms with Gasteiger partial charge in [-0.3, -0.25) is 0 Å². The minimum atomic E-state index is -0.263. The van der Waals surface area contributed by atoms with E-state index >= 15 is 0 Å². The van der Waals surface area contributed by atoms with Gasteiger partial charge in [0.25, 0.3) is 0 Å². The van der Waals surface area contributed by atoms with Crippen molar-refractivity contribution in [2.45, 2.75) is 39.5 Å². The van der Waals surface area contributed by atoms with Gasteiger partial charge in [-0.2, -0.15) is 5.10 Å². The van der Waals surface area contributed by atoms with Gasteiger partial charge in [0.1, 0.15) is 0 Å². The molecule has 1 aliphatic rings. The van der Waals surface area contributed by atoms with Gasteiger partial charge in [0, 0.05) is 31.0 Å². The Morgan fingerprint density at radius 3 is 2.91 bits per heavy atom. The van der Waals surface area contributed by atoms with Crippen LogP contribution in [-0.2, 0) is 9.47 Å². The number of rotatable bonds is 4. The third kappa shape index (κ3) is 2.85. The normalized spacial score (nSPS) is 17.3. The molecule has 1 atom stereocenters. The van der Waals surface area contributed by atoms with Gasteiger partial charge in [-0.15, -0.1) is 0 Å². The average molecular weight is 316 g/mol. The fourth-order valence-electron chi connectivity index (χ4n) is 3.67. The maximum Gasteiger partial charge on any atom is 0.340 e. The van der Waals surface area contributed by atoms with E-state index in [9.17, 15) is 4.79 Å². The first kappa shape index (κ1) is 16.0. The van der Waals surface area contributed by atoms with E-state index < -0.39 is 0 Å². The highest BCUT2D eigenvalue weighted by molar-refractivity contribution is 5.99. The second kappa shape index (κ2) is 6.71. The van der Waals surface area contributed by atoms with Crippen LogP contribution in [0.2, 0.25) is 0 Å². The van der Waals surface area contributed by atoms with E-state index in [1.165, 1.54) is 0 Å². The Kier molecular flexibility index (Phi) is 4.66. The predicted octanol–water partition coefficient (Wildman–Crippen LogP) is 3.35. The predicted molar refractivity (Wildman–Crippen MR) is 87.8 cm³/mol. The molecule has 0 radical (unpaired) electrons. The quantitative estimate of drug-likeness (QED) is 0.812. The van der Waals surface area contributed by atoms with Crippen molar-refractivity contribution in [3.63, 3.8) is 0 Å². The first-order valence-corrected chi connectivity index (χ1v) is 8.36. The smallest absolute Gasteiger partial charge is 0.340 e. The summed E-state index contributed by atoms with van der Waals surface area (Å²) in [7, 11) is 0. The molecule has 124 valence electrons. The molecular weight excluding hydrogens is 292 g/mol. The fourth-order valence-corrected chi connectivity index (χ4v) is 3.67. The molecule has 5 heteroatoms. The molecule has 0 saturated carbocycles. The van der Waals surface area contributed by atoms with Crippen molar-refractivity contribution in [1.82, 2.24) is 9.61 Å². The molecule has 0 amide bonds. The van der Waals surface area contributed by atoms with Crippen LogP contribution in [0.3, 0.4) is 0 Å². The highest BCUT2D eigenvalue weighted by Crippen LogP contribution is 2.36. The molecule has 0 spiro atoms. The van der Waals surface area contributed by atoms with E-state index in [1.807, 2.05) is 30.5 Å². The number of carbonyl (C=O) groups is 1. The first-order valence-electron chi connectivity index (χ1n) is 8.36. The molecule has 1 unspecified atom stereocenters. The second-order valence-corrected chi connectivity index (χ2v) is 6.16. The second-order valence-electron chi connectivity index (χ2n) is 6.16. The van der Waals surface area contributed by atoms with Crippen LogP contribution in [0.25, 0.3) is 5.52 Å². The molecule has 23 heavy (non-hydrogen) atoms. The minimum Gasteiger partial charge on any atom is -0.462 e. The summed E-state index contributed by atoms with van der Waals surface area (Å²) in [5, 5.41) is 4.50. The lowest BCUT2D eigenvalue weighted by Gasteiger charge is -2.28. The van der Waals surface area contributed by atoms with Crippen LogP contribution in [-0.4, -0.2) is 35.4 Å². The molecule has 2 aromatic rings. The van der Waals surface area contributed by atoms with Crippen molar-refractivity contribution < 1.29 is 14.3 Å². The van der Waals surface area contributed by atoms with Crippen LogP contribution in [0, 0.1) is 12.8 Å². The summed E-state index contributed by atoms with van der Waals surface area (Å²) in [6.07, 6.45) is 3.87. The monoisotopic (exact) mass is 316 g/mol. The van der Waals surface area contributed by atoms with Crippen LogP contribution >= 0.6 is 0 Å². The van der Waals surface area contributed by atoms with Gasteiger partial charge in [0.15, 0.2) is 0 Å². The Morgan fingerprint density at radius 1 is 1.48 bits per heavy atom. The Labute approximate surface area is 136 Å². The summed E-state index contributed by atoms with van der Waals surface area (Å²) in [4.78, 5) is 12.4. The lowest BCUT2D eigenvalue weighted by atomic mass is 9.84. The van der Waals surface area contributed by atoms with Gasteiger partial charge in [-0.25, -0.2) is 9.31 Å². The summed E-state index contributed by atoms with van der Waals surface area (Å²) in [5.74, 6) is 0.614. The topological polar surface area (TPSA) is 52.8 Å². The number of esters is 1. The number of carbonyl (C=O) groups excluding carboxylic acids is 1. The summed E-state index contributed by atoms with van der Waals surface area (Å²) in [6, 6.07) is 3.80. The van der Waals surface area contributed by atoms with Crippen molar-refractivity contribution in [3.05, 3.63) is 35.2 Å². The van der Waals surface area contributed by atoms with Crippen LogP contribution in [0.4, 0.5) is 0 Å².